The van der Waals surface area contributed by atoms with Gasteiger partial charge in [0.1, 0.15) is 6.54 Å². The molecule has 0 spiro atoms. The first-order valence-corrected chi connectivity index (χ1v) is 13.9. The Labute approximate surface area is 230 Å². The molecule has 4 aliphatic rings. The van der Waals surface area contributed by atoms with Gasteiger partial charge in [0.2, 0.25) is 5.91 Å². The van der Waals surface area contributed by atoms with E-state index in [9.17, 15) is 22.8 Å². The van der Waals surface area contributed by atoms with Crippen molar-refractivity contribution < 1.29 is 32.2 Å². The number of nitrogens with one attached hydrogen (secondary N) is 2. The van der Waals surface area contributed by atoms with Crippen LogP contribution in [0.3, 0.4) is 0 Å². The van der Waals surface area contributed by atoms with Crippen LogP contribution in [0, 0.1) is 0 Å². The van der Waals surface area contributed by atoms with Gasteiger partial charge < -0.3 is 24.7 Å². The Morgan fingerprint density at radius 3 is 2.75 bits per heavy atom. The van der Waals surface area contributed by atoms with Gasteiger partial charge in [-0.15, -0.1) is 0 Å². The number of nitrogens with zero attached hydrogens (tertiary/aromatic N) is 2. The van der Waals surface area contributed by atoms with Crippen LogP contribution >= 0.6 is 0 Å². The second kappa shape index (κ2) is 11.0. The number of halogens is 3. The highest BCUT2D eigenvalue weighted by Crippen LogP contribution is 2.37. The zero-order chi connectivity index (χ0) is 27.9. The van der Waals surface area contributed by atoms with Crippen LogP contribution in [0.1, 0.15) is 58.1 Å². The molecule has 4 heterocycles. The summed E-state index contributed by atoms with van der Waals surface area (Å²) in [5, 5.41) is 2.83. The maximum absolute atomic E-state index is 13.2. The Morgan fingerprint density at radius 2 is 1.95 bits per heavy atom. The number of likely N-dealkylation sites (tertiary alicyclic amines) is 1. The van der Waals surface area contributed by atoms with Gasteiger partial charge in [0, 0.05) is 62.5 Å². The molecule has 2 amide bonds. The van der Waals surface area contributed by atoms with Crippen molar-refractivity contribution in [2.75, 3.05) is 39.4 Å². The molecule has 40 heavy (non-hydrogen) atoms. The van der Waals surface area contributed by atoms with Gasteiger partial charge in [-0.1, -0.05) is 6.07 Å². The molecule has 8 nitrogen and oxygen atoms in total. The lowest BCUT2D eigenvalue weighted by molar-refractivity contribution is -0.137. The quantitative estimate of drug-likeness (QED) is 0.566. The largest absolute Gasteiger partial charge is 0.416 e. The highest BCUT2D eigenvalue weighted by Gasteiger charge is 2.37. The van der Waals surface area contributed by atoms with Crippen molar-refractivity contribution in [3.8, 4) is 0 Å². The summed E-state index contributed by atoms with van der Waals surface area (Å²) >= 11 is 0. The Morgan fingerprint density at radius 1 is 1.12 bits per heavy atom. The summed E-state index contributed by atoms with van der Waals surface area (Å²) < 4.78 is 51.7. The number of H-pyrrole nitrogens is 1. The van der Waals surface area contributed by atoms with Crippen LogP contribution in [0.25, 0.3) is 0 Å². The number of fused-ring (bicyclic) bond motifs is 2. The molecule has 6 rings (SSSR count). The Hall–Kier alpha value is -3.15. The molecular formula is C29H33F3N4O4. The van der Waals surface area contributed by atoms with Crippen molar-refractivity contribution in [2.24, 2.45) is 0 Å². The average molecular weight is 559 g/mol. The molecule has 0 radical (unpaired) electrons. The predicted octanol–water partition coefficient (Wildman–Crippen LogP) is 3.60. The maximum atomic E-state index is 13.2. The number of aromatic amines is 1. The van der Waals surface area contributed by atoms with Crippen molar-refractivity contribution in [3.63, 3.8) is 0 Å². The number of benzene rings is 1. The van der Waals surface area contributed by atoms with E-state index in [0.29, 0.717) is 24.6 Å². The van der Waals surface area contributed by atoms with Gasteiger partial charge >= 0.3 is 6.18 Å². The van der Waals surface area contributed by atoms with Crippen LogP contribution in [0.2, 0.25) is 0 Å². The van der Waals surface area contributed by atoms with Crippen LogP contribution < -0.4 is 5.32 Å². The van der Waals surface area contributed by atoms with Crippen molar-refractivity contribution in [2.45, 2.75) is 56.5 Å². The van der Waals surface area contributed by atoms with Crippen molar-refractivity contribution >= 4 is 11.8 Å². The van der Waals surface area contributed by atoms with Gasteiger partial charge in [0.15, 0.2) is 0 Å². The fraction of sp³-hybridized carbons (Fsp3) is 0.517. The molecule has 3 aliphatic heterocycles. The van der Waals surface area contributed by atoms with Crippen molar-refractivity contribution in [1.29, 1.82) is 0 Å². The van der Waals surface area contributed by atoms with Crippen LogP contribution in [-0.2, 0) is 33.3 Å². The van der Waals surface area contributed by atoms with Gasteiger partial charge in [0.25, 0.3) is 5.91 Å². The SMILES string of the molecule is O=C(CN1CCc2ccc(C(F)(F)F)cc2C1=O)NC=C1CN(C2CCOCC2)C[C@@H]1OC1CCc2cc[nH]c21. The van der Waals surface area contributed by atoms with Gasteiger partial charge in [-0.05, 0) is 67.0 Å². The molecule has 2 fully saturated rings. The summed E-state index contributed by atoms with van der Waals surface area (Å²) in [6, 6.07) is 5.70. The Balaban J connectivity index is 1.12. The van der Waals surface area contributed by atoms with E-state index < -0.39 is 23.6 Å². The summed E-state index contributed by atoms with van der Waals surface area (Å²) in [7, 11) is 0. The number of carbonyl (C=O) groups excluding carboxylic acids is 2. The fourth-order valence-electron chi connectivity index (χ4n) is 6.27. The zero-order valence-corrected chi connectivity index (χ0v) is 22.1. The Bertz CT molecular complexity index is 1300. The average Bonchev–Trinajstić information content (AvgIpc) is 3.67. The summed E-state index contributed by atoms with van der Waals surface area (Å²) in [6.07, 6.45) is 3.04. The number of carbonyl (C=O) groups is 2. The lowest BCUT2D eigenvalue weighted by atomic mass is 9.96. The number of alkyl halides is 3. The van der Waals surface area contributed by atoms with Gasteiger partial charge in [-0.3, -0.25) is 14.5 Å². The lowest BCUT2D eigenvalue weighted by Gasteiger charge is -2.30. The fourth-order valence-corrected chi connectivity index (χ4v) is 6.27. The maximum Gasteiger partial charge on any atom is 0.416 e. The zero-order valence-electron chi connectivity index (χ0n) is 22.1. The molecule has 0 saturated carbocycles. The molecule has 11 heteroatoms. The van der Waals surface area contributed by atoms with E-state index in [4.69, 9.17) is 9.47 Å². The summed E-state index contributed by atoms with van der Waals surface area (Å²) in [5.41, 5.74) is 3.05. The normalized spacial score (nSPS) is 24.9. The standard InChI is InChI=1S/C29H33F3N4O4/c30-29(31,32)21-3-1-18-6-10-35(28(38)23(18)13-21)17-26(37)34-14-20-15-36(22-7-11-39-12-8-22)16-25(20)40-24-4-2-19-5-9-33-27(19)24/h1,3,5,9,13-14,22,24-25,33H,2,4,6-8,10-12,15-17H2,(H,34,37)/t24?,25-/m0/s1. The predicted molar refractivity (Wildman–Crippen MR) is 139 cm³/mol. The third-order valence-corrected chi connectivity index (χ3v) is 8.46. The van der Waals surface area contributed by atoms with Crippen LogP contribution in [-0.4, -0.2) is 78.1 Å². The lowest BCUT2D eigenvalue weighted by Crippen LogP contribution is -2.43. The van der Waals surface area contributed by atoms with Gasteiger partial charge in [-0.25, -0.2) is 0 Å². The van der Waals surface area contributed by atoms with Crippen LogP contribution in [0.5, 0.6) is 0 Å². The van der Waals surface area contributed by atoms with E-state index in [1.165, 1.54) is 16.5 Å². The third kappa shape index (κ3) is 5.55. The minimum atomic E-state index is -4.54. The monoisotopic (exact) mass is 558 g/mol. The van der Waals surface area contributed by atoms with E-state index in [2.05, 4.69) is 21.3 Å². The molecule has 1 aromatic carbocycles. The molecule has 1 aromatic heterocycles. The number of aryl methyl sites for hydroxylation is 1. The molecule has 0 bridgehead atoms. The molecule has 2 saturated heterocycles. The summed E-state index contributed by atoms with van der Waals surface area (Å²) in [5.74, 6) is -0.960. The summed E-state index contributed by atoms with van der Waals surface area (Å²) in [4.78, 5) is 32.9. The minimum absolute atomic E-state index is 0.00356. The molecule has 1 unspecified atom stereocenters. The molecular weight excluding hydrogens is 525 g/mol. The smallest absolute Gasteiger partial charge is 0.381 e. The van der Waals surface area contributed by atoms with Gasteiger partial charge in [-0.2, -0.15) is 13.2 Å². The van der Waals surface area contributed by atoms with E-state index in [1.807, 2.05) is 6.20 Å². The first-order chi connectivity index (χ1) is 19.3. The van der Waals surface area contributed by atoms with Crippen molar-refractivity contribution in [1.82, 2.24) is 20.1 Å². The highest BCUT2D eigenvalue weighted by molar-refractivity contribution is 5.99. The number of hydrogen-bond acceptors (Lipinski definition) is 5. The van der Waals surface area contributed by atoms with E-state index in [1.54, 1.807) is 6.20 Å². The van der Waals surface area contributed by atoms with Crippen molar-refractivity contribution in [3.05, 3.63) is 70.2 Å². The minimum Gasteiger partial charge on any atom is -0.381 e. The molecule has 2 N–H and O–H groups in total. The third-order valence-electron chi connectivity index (χ3n) is 8.46. The molecule has 214 valence electrons. The number of aromatic nitrogens is 1. The number of rotatable bonds is 6. The number of ether oxygens (including phenoxy) is 2. The van der Waals surface area contributed by atoms with E-state index in [-0.39, 0.29) is 30.9 Å². The first kappa shape index (κ1) is 27.0. The molecule has 1 aliphatic carbocycles. The van der Waals surface area contributed by atoms with Gasteiger partial charge in [0.05, 0.1) is 17.8 Å². The topological polar surface area (TPSA) is 86.9 Å². The molecule has 2 aromatic rings. The molecule has 2 atom stereocenters. The number of hydrogen-bond donors (Lipinski definition) is 2. The number of amides is 2. The van der Waals surface area contributed by atoms with Crippen LogP contribution in [0.4, 0.5) is 13.2 Å². The second-order valence-corrected chi connectivity index (χ2v) is 11.0. The first-order valence-electron chi connectivity index (χ1n) is 13.9. The van der Waals surface area contributed by atoms with E-state index >= 15 is 0 Å². The summed E-state index contributed by atoms with van der Waals surface area (Å²) in [6.45, 7) is 2.88. The second-order valence-electron chi connectivity index (χ2n) is 11.0. The Kier molecular flexibility index (Phi) is 7.45. The van der Waals surface area contributed by atoms with E-state index in [0.717, 1.165) is 68.8 Å². The van der Waals surface area contributed by atoms with Crippen LogP contribution in [0.15, 0.2) is 42.2 Å². The highest BCUT2D eigenvalue weighted by atomic mass is 19.4.